The molecule has 0 fully saturated rings. The molecule has 0 bridgehead atoms. The number of rotatable bonds is 7. The Morgan fingerprint density at radius 1 is 1.22 bits per heavy atom. The second-order valence-corrected chi connectivity index (χ2v) is 7.35. The van der Waals surface area contributed by atoms with Gasteiger partial charge in [-0.05, 0) is 48.4 Å². The molecule has 2 aromatic carbocycles. The van der Waals surface area contributed by atoms with Crippen LogP contribution in [0.2, 0.25) is 0 Å². The molecule has 8 heteroatoms. The molecule has 32 heavy (non-hydrogen) atoms. The van der Waals surface area contributed by atoms with Gasteiger partial charge in [-0.1, -0.05) is 18.2 Å². The van der Waals surface area contributed by atoms with Crippen LogP contribution in [0.4, 0.5) is 4.39 Å². The third kappa shape index (κ3) is 5.33. The highest BCUT2D eigenvalue weighted by atomic mass is 19.1. The Hall–Kier alpha value is -3.65. The third-order valence-corrected chi connectivity index (χ3v) is 4.97. The molecule has 0 amide bonds. The molecule has 0 saturated carbocycles. The van der Waals surface area contributed by atoms with Crippen LogP contribution in [-0.2, 0) is 11.3 Å². The molecule has 7 nitrogen and oxygen atoms in total. The zero-order valence-electron chi connectivity index (χ0n) is 18.1. The molecule has 0 atom stereocenters. The monoisotopic (exact) mass is 435 g/mol. The van der Waals surface area contributed by atoms with Gasteiger partial charge in [0.25, 0.3) is 0 Å². The number of halogens is 1. The van der Waals surface area contributed by atoms with Crippen molar-refractivity contribution < 1.29 is 13.9 Å². The van der Waals surface area contributed by atoms with Gasteiger partial charge in [-0.2, -0.15) is 0 Å². The van der Waals surface area contributed by atoms with Crippen LogP contribution in [0.1, 0.15) is 16.8 Å². The summed E-state index contributed by atoms with van der Waals surface area (Å²) in [6.07, 6.45) is 5.66. The van der Waals surface area contributed by atoms with Crippen LogP contribution in [0.15, 0.2) is 65.7 Å². The van der Waals surface area contributed by atoms with Gasteiger partial charge in [0.05, 0.1) is 38.0 Å². The highest BCUT2D eigenvalue weighted by Gasteiger charge is 2.14. The van der Waals surface area contributed by atoms with Gasteiger partial charge < -0.3 is 19.4 Å². The third-order valence-electron chi connectivity index (χ3n) is 4.97. The minimum absolute atomic E-state index is 0.236. The van der Waals surface area contributed by atoms with Crippen LogP contribution in [0.5, 0.6) is 5.75 Å². The van der Waals surface area contributed by atoms with Gasteiger partial charge in [0.2, 0.25) is 0 Å². The van der Waals surface area contributed by atoms with Crippen LogP contribution in [0.3, 0.4) is 0 Å². The molecule has 0 saturated heterocycles. The lowest BCUT2D eigenvalue weighted by atomic mass is 10.1. The summed E-state index contributed by atoms with van der Waals surface area (Å²) < 4.78 is 26.4. The molecule has 2 heterocycles. The maximum atomic E-state index is 13.0. The average Bonchev–Trinajstić information content (AvgIpc) is 3.25. The van der Waals surface area contributed by atoms with Crippen molar-refractivity contribution in [1.82, 2.24) is 20.2 Å². The Bertz CT molecular complexity index is 1120. The quantitative estimate of drug-likeness (QED) is 0.439. The first-order chi connectivity index (χ1) is 15.6. The van der Waals surface area contributed by atoms with Crippen molar-refractivity contribution >= 4 is 11.9 Å². The standard InChI is InChI=1S/C24H26FN5O2/c1-17-14-30(16-29-17)21-8-5-19(11-22(21)31-2)12-23-24(27-9-10-32-23)28-15-26-13-18-3-6-20(25)7-4-18/h3-8,11-12,14,16,26H,9-10,13,15H2,1-2H3,(H,27,28)/b23-12-. The minimum atomic E-state index is -0.236. The molecular formula is C24H26FN5O2. The molecule has 0 spiro atoms. The number of ether oxygens (including phenoxy) is 2. The smallest absolute Gasteiger partial charge is 0.165 e. The molecule has 2 N–H and O–H groups in total. The molecule has 0 aliphatic carbocycles. The molecule has 0 unspecified atom stereocenters. The summed E-state index contributed by atoms with van der Waals surface area (Å²) in [4.78, 5) is 8.83. The number of aliphatic imine (C=N–C) groups is 1. The number of hydrogen-bond acceptors (Lipinski definition) is 6. The summed E-state index contributed by atoms with van der Waals surface area (Å²) in [6.45, 7) is 4.19. The van der Waals surface area contributed by atoms with E-state index in [0.29, 0.717) is 38.0 Å². The van der Waals surface area contributed by atoms with E-state index in [-0.39, 0.29) is 5.82 Å². The van der Waals surface area contributed by atoms with Crippen LogP contribution < -0.4 is 15.4 Å². The first-order valence-electron chi connectivity index (χ1n) is 10.4. The Balaban J connectivity index is 1.43. The van der Waals surface area contributed by atoms with E-state index in [1.165, 1.54) is 12.1 Å². The first kappa shape index (κ1) is 21.6. The first-order valence-corrected chi connectivity index (χ1v) is 10.4. The van der Waals surface area contributed by atoms with E-state index in [9.17, 15) is 4.39 Å². The van der Waals surface area contributed by atoms with Crippen LogP contribution >= 0.6 is 0 Å². The Morgan fingerprint density at radius 2 is 2.06 bits per heavy atom. The largest absolute Gasteiger partial charge is 0.495 e. The molecule has 166 valence electrons. The molecule has 4 rings (SSSR count). The Kier molecular flexibility index (Phi) is 6.81. The van der Waals surface area contributed by atoms with Gasteiger partial charge in [-0.3, -0.25) is 10.3 Å². The van der Waals surface area contributed by atoms with E-state index >= 15 is 0 Å². The van der Waals surface area contributed by atoms with Gasteiger partial charge in [0.1, 0.15) is 18.2 Å². The Morgan fingerprint density at radius 3 is 2.81 bits per heavy atom. The number of amidine groups is 1. The topological polar surface area (TPSA) is 72.7 Å². The van der Waals surface area contributed by atoms with E-state index in [0.717, 1.165) is 28.3 Å². The SMILES string of the molecule is COc1cc(/C=C2\OCCN=C2NCNCc2ccc(F)cc2)ccc1-n1cnc(C)c1. The maximum Gasteiger partial charge on any atom is 0.165 e. The van der Waals surface area contributed by atoms with Gasteiger partial charge in [-0.15, -0.1) is 0 Å². The summed E-state index contributed by atoms with van der Waals surface area (Å²) in [6, 6.07) is 12.4. The van der Waals surface area contributed by atoms with Crippen LogP contribution in [0, 0.1) is 12.7 Å². The van der Waals surface area contributed by atoms with Crippen molar-refractivity contribution in [2.24, 2.45) is 4.99 Å². The van der Waals surface area contributed by atoms with E-state index in [4.69, 9.17) is 9.47 Å². The van der Waals surface area contributed by atoms with Gasteiger partial charge in [0.15, 0.2) is 11.6 Å². The minimum Gasteiger partial charge on any atom is -0.495 e. The summed E-state index contributed by atoms with van der Waals surface area (Å²) in [5.74, 6) is 1.87. The number of aromatic nitrogens is 2. The molecular weight excluding hydrogens is 409 g/mol. The summed E-state index contributed by atoms with van der Waals surface area (Å²) >= 11 is 0. The lowest BCUT2D eigenvalue weighted by molar-refractivity contribution is 0.232. The number of nitrogens with zero attached hydrogens (tertiary/aromatic N) is 3. The predicted molar refractivity (Wildman–Crippen MR) is 122 cm³/mol. The number of methoxy groups -OCH3 is 1. The van der Waals surface area contributed by atoms with Gasteiger partial charge in [-0.25, -0.2) is 9.37 Å². The molecule has 1 aromatic heterocycles. The number of imidazole rings is 1. The van der Waals surface area contributed by atoms with Crippen LogP contribution in [-0.4, -0.2) is 42.3 Å². The molecule has 3 aromatic rings. The lowest BCUT2D eigenvalue weighted by Gasteiger charge is -2.19. The van der Waals surface area contributed by atoms with Gasteiger partial charge in [0, 0.05) is 12.7 Å². The molecule has 1 aliphatic rings. The van der Waals surface area contributed by atoms with Crippen molar-refractivity contribution in [2.45, 2.75) is 13.5 Å². The second kappa shape index (κ2) is 10.1. The number of aryl methyl sites for hydroxylation is 1. The van der Waals surface area contributed by atoms with E-state index in [1.54, 1.807) is 25.6 Å². The average molecular weight is 436 g/mol. The Labute approximate surface area is 186 Å². The van der Waals surface area contributed by atoms with E-state index in [1.807, 2.05) is 42.0 Å². The summed E-state index contributed by atoms with van der Waals surface area (Å²) in [7, 11) is 1.65. The van der Waals surface area contributed by atoms with Crippen molar-refractivity contribution in [3.05, 3.63) is 83.4 Å². The van der Waals surface area contributed by atoms with Crippen molar-refractivity contribution in [3.63, 3.8) is 0 Å². The van der Waals surface area contributed by atoms with Crippen molar-refractivity contribution in [3.8, 4) is 11.4 Å². The predicted octanol–water partition coefficient (Wildman–Crippen LogP) is 3.43. The number of benzene rings is 2. The number of nitrogens with one attached hydrogen (secondary N) is 2. The van der Waals surface area contributed by atoms with Gasteiger partial charge >= 0.3 is 0 Å². The number of hydrogen-bond donors (Lipinski definition) is 2. The fraction of sp³-hybridized carbons (Fsp3) is 0.250. The molecule has 0 radical (unpaired) electrons. The zero-order valence-corrected chi connectivity index (χ0v) is 18.1. The molecule has 1 aliphatic heterocycles. The highest BCUT2D eigenvalue weighted by Crippen LogP contribution is 2.26. The second-order valence-electron chi connectivity index (χ2n) is 7.35. The normalized spacial score (nSPS) is 14.7. The van der Waals surface area contributed by atoms with Crippen molar-refractivity contribution in [2.75, 3.05) is 26.9 Å². The van der Waals surface area contributed by atoms with E-state index < -0.39 is 0 Å². The maximum absolute atomic E-state index is 13.0. The van der Waals surface area contributed by atoms with Crippen LogP contribution in [0.25, 0.3) is 11.8 Å². The summed E-state index contributed by atoms with van der Waals surface area (Å²) in [5, 5.41) is 6.54. The zero-order chi connectivity index (χ0) is 22.3. The fourth-order valence-corrected chi connectivity index (χ4v) is 3.37. The van der Waals surface area contributed by atoms with E-state index in [2.05, 4.69) is 20.6 Å². The summed E-state index contributed by atoms with van der Waals surface area (Å²) in [5.41, 5.74) is 3.80. The highest BCUT2D eigenvalue weighted by molar-refractivity contribution is 6.00. The van der Waals surface area contributed by atoms with Crippen molar-refractivity contribution in [1.29, 1.82) is 0 Å². The lowest BCUT2D eigenvalue weighted by Crippen LogP contribution is -2.37. The fourth-order valence-electron chi connectivity index (χ4n) is 3.37.